The molecule has 0 aliphatic heterocycles. The lowest BCUT2D eigenvalue weighted by Crippen LogP contribution is -2.31. The molecule has 116 valence electrons. The first kappa shape index (κ1) is 17.0. The average molecular weight is 314 g/mol. The Balaban J connectivity index is 3.11. The van der Waals surface area contributed by atoms with Gasteiger partial charge in [0, 0.05) is 25.7 Å². The fourth-order valence-electron chi connectivity index (χ4n) is 1.84. The van der Waals surface area contributed by atoms with Crippen LogP contribution in [-0.2, 0) is 16.6 Å². The number of aryl methyl sites for hydroxylation is 2. The van der Waals surface area contributed by atoms with E-state index in [2.05, 4.69) is 0 Å². The molecule has 1 aromatic rings. The van der Waals surface area contributed by atoms with E-state index in [1.165, 1.54) is 6.92 Å². The summed E-state index contributed by atoms with van der Waals surface area (Å²) in [6.07, 6.45) is -5.63. The van der Waals surface area contributed by atoms with Crippen molar-refractivity contribution in [1.82, 2.24) is 4.31 Å². The van der Waals surface area contributed by atoms with Crippen LogP contribution in [-0.4, -0.2) is 32.5 Å². The minimum absolute atomic E-state index is 0.0646. The van der Waals surface area contributed by atoms with Crippen LogP contribution in [0.5, 0.6) is 0 Å². The van der Waals surface area contributed by atoms with Gasteiger partial charge in [-0.25, -0.2) is 12.7 Å². The quantitative estimate of drug-likeness (QED) is 0.901. The molecule has 0 aliphatic rings. The van der Waals surface area contributed by atoms with Gasteiger partial charge >= 0.3 is 6.18 Å². The molecule has 0 unspecified atom stereocenters. The highest BCUT2D eigenvalue weighted by atomic mass is 32.2. The van der Waals surface area contributed by atoms with Gasteiger partial charge in [-0.3, -0.25) is 0 Å². The highest BCUT2D eigenvalue weighted by Gasteiger charge is 2.33. The first-order valence-electron chi connectivity index (χ1n) is 5.82. The zero-order valence-corrected chi connectivity index (χ0v) is 12.2. The van der Waals surface area contributed by atoms with Crippen LogP contribution in [0.3, 0.4) is 0 Å². The third kappa shape index (κ3) is 3.53. The molecule has 5 nitrogen and oxygen atoms in total. The molecule has 1 rings (SSSR count). The fourth-order valence-corrected chi connectivity index (χ4v) is 3.43. The molecule has 1 aromatic heterocycles. The SMILES string of the molecule is Cc1oc(C)c(S(=O)(=O)N(C)CCC(F)(F)F)c1CN. The smallest absolute Gasteiger partial charge is 0.390 e. The molecular weight excluding hydrogens is 297 g/mol. The van der Waals surface area contributed by atoms with E-state index in [4.69, 9.17) is 10.2 Å². The first-order chi connectivity index (χ1) is 9.00. The predicted molar refractivity (Wildman–Crippen MR) is 66.6 cm³/mol. The second kappa shape index (κ2) is 5.74. The number of halogens is 3. The van der Waals surface area contributed by atoms with Crippen molar-refractivity contribution in [3.05, 3.63) is 17.1 Å². The Morgan fingerprint density at radius 3 is 2.25 bits per heavy atom. The predicted octanol–water partition coefficient (Wildman–Crippen LogP) is 1.93. The highest BCUT2D eigenvalue weighted by Crippen LogP contribution is 2.29. The lowest BCUT2D eigenvalue weighted by Gasteiger charge is -2.18. The maximum Gasteiger partial charge on any atom is 0.390 e. The molecule has 0 saturated carbocycles. The van der Waals surface area contributed by atoms with Crippen molar-refractivity contribution in [1.29, 1.82) is 0 Å². The Morgan fingerprint density at radius 2 is 1.80 bits per heavy atom. The van der Waals surface area contributed by atoms with Crippen LogP contribution >= 0.6 is 0 Å². The largest absolute Gasteiger partial charge is 0.465 e. The van der Waals surface area contributed by atoms with E-state index in [1.54, 1.807) is 6.92 Å². The number of hydrogen-bond acceptors (Lipinski definition) is 4. The molecule has 0 amide bonds. The van der Waals surface area contributed by atoms with Gasteiger partial charge in [-0.15, -0.1) is 0 Å². The number of hydrogen-bond donors (Lipinski definition) is 1. The fraction of sp³-hybridized carbons (Fsp3) is 0.636. The van der Waals surface area contributed by atoms with E-state index in [-0.39, 0.29) is 17.2 Å². The summed E-state index contributed by atoms with van der Waals surface area (Å²) in [5.41, 5.74) is 5.77. The van der Waals surface area contributed by atoms with Gasteiger partial charge in [-0.1, -0.05) is 0 Å². The molecule has 0 aromatic carbocycles. The molecule has 9 heteroatoms. The van der Waals surface area contributed by atoms with Crippen molar-refractivity contribution in [2.24, 2.45) is 5.73 Å². The second-order valence-corrected chi connectivity index (χ2v) is 6.40. The van der Waals surface area contributed by atoms with Crippen molar-refractivity contribution in [2.45, 2.75) is 37.9 Å². The molecule has 1 heterocycles. The maximum atomic E-state index is 12.3. The van der Waals surface area contributed by atoms with Crippen LogP contribution < -0.4 is 5.73 Å². The van der Waals surface area contributed by atoms with E-state index < -0.39 is 29.2 Å². The molecule has 0 aliphatic carbocycles. The third-order valence-electron chi connectivity index (χ3n) is 2.91. The lowest BCUT2D eigenvalue weighted by atomic mass is 10.2. The molecule has 0 atom stereocenters. The lowest BCUT2D eigenvalue weighted by molar-refractivity contribution is -0.135. The summed E-state index contributed by atoms with van der Waals surface area (Å²) >= 11 is 0. The van der Waals surface area contributed by atoms with Crippen LogP contribution in [0.15, 0.2) is 9.31 Å². The summed E-state index contributed by atoms with van der Waals surface area (Å²) in [4.78, 5) is -0.137. The van der Waals surface area contributed by atoms with Gasteiger partial charge in [0.05, 0.1) is 6.42 Å². The zero-order chi connectivity index (χ0) is 15.7. The Hall–Kier alpha value is -1.06. The molecular formula is C11H17F3N2O3S. The van der Waals surface area contributed by atoms with Crippen molar-refractivity contribution < 1.29 is 26.0 Å². The van der Waals surface area contributed by atoms with Gasteiger partial charge in [0.1, 0.15) is 16.4 Å². The number of sulfonamides is 1. The highest BCUT2D eigenvalue weighted by molar-refractivity contribution is 7.89. The van der Waals surface area contributed by atoms with Crippen molar-refractivity contribution in [2.75, 3.05) is 13.6 Å². The number of nitrogens with two attached hydrogens (primary N) is 1. The van der Waals surface area contributed by atoms with Crippen molar-refractivity contribution in [3.63, 3.8) is 0 Å². The van der Waals surface area contributed by atoms with Gasteiger partial charge < -0.3 is 10.2 Å². The van der Waals surface area contributed by atoms with Gasteiger partial charge in [0.25, 0.3) is 0 Å². The van der Waals surface area contributed by atoms with Gasteiger partial charge in [0.2, 0.25) is 10.0 Å². The van der Waals surface area contributed by atoms with E-state index in [9.17, 15) is 21.6 Å². The number of furan rings is 1. The van der Waals surface area contributed by atoms with E-state index in [0.717, 1.165) is 7.05 Å². The summed E-state index contributed by atoms with van der Waals surface area (Å²) in [5.74, 6) is 0.481. The first-order valence-corrected chi connectivity index (χ1v) is 7.26. The normalized spacial score (nSPS) is 13.2. The Kier molecular flexibility index (Phi) is 4.88. The average Bonchev–Trinajstić information content (AvgIpc) is 2.59. The minimum Gasteiger partial charge on any atom is -0.465 e. The number of nitrogens with zero attached hydrogens (tertiary/aromatic N) is 1. The number of rotatable bonds is 5. The van der Waals surface area contributed by atoms with Crippen molar-refractivity contribution >= 4 is 10.0 Å². The molecule has 0 bridgehead atoms. The molecule has 0 saturated heterocycles. The monoisotopic (exact) mass is 314 g/mol. The van der Waals surface area contributed by atoms with Crippen LogP contribution in [0.25, 0.3) is 0 Å². The zero-order valence-electron chi connectivity index (χ0n) is 11.4. The molecule has 20 heavy (non-hydrogen) atoms. The molecule has 0 fully saturated rings. The van der Waals surface area contributed by atoms with Gasteiger partial charge in [-0.05, 0) is 13.8 Å². The minimum atomic E-state index is -4.41. The van der Waals surface area contributed by atoms with Crippen LogP contribution in [0, 0.1) is 13.8 Å². The summed E-state index contributed by atoms with van der Waals surface area (Å²) in [5, 5.41) is 0. The van der Waals surface area contributed by atoms with Crippen LogP contribution in [0.1, 0.15) is 23.5 Å². The number of alkyl halides is 3. The summed E-state index contributed by atoms with van der Waals surface area (Å²) in [6, 6.07) is 0. The van der Waals surface area contributed by atoms with Gasteiger partial charge in [-0.2, -0.15) is 13.2 Å². The topological polar surface area (TPSA) is 76.5 Å². The Morgan fingerprint density at radius 1 is 1.25 bits per heavy atom. The standard InChI is InChI=1S/C11H17F3N2O3S/c1-7-9(6-15)10(8(2)19-7)20(17,18)16(3)5-4-11(12,13)14/h4-6,15H2,1-3H3. The van der Waals surface area contributed by atoms with Crippen molar-refractivity contribution in [3.8, 4) is 0 Å². The molecule has 2 N–H and O–H groups in total. The maximum absolute atomic E-state index is 12.3. The molecule has 0 radical (unpaired) electrons. The van der Waals surface area contributed by atoms with E-state index >= 15 is 0 Å². The van der Waals surface area contributed by atoms with E-state index in [0.29, 0.717) is 15.6 Å². The summed E-state index contributed by atoms with van der Waals surface area (Å²) in [6.45, 7) is 2.28. The van der Waals surface area contributed by atoms with E-state index in [1.807, 2.05) is 0 Å². The Bertz CT molecular complexity index is 578. The summed E-state index contributed by atoms with van der Waals surface area (Å²) < 4.78 is 67.0. The second-order valence-electron chi connectivity index (χ2n) is 4.42. The molecule has 0 spiro atoms. The van der Waals surface area contributed by atoms with Crippen LogP contribution in [0.2, 0.25) is 0 Å². The van der Waals surface area contributed by atoms with Crippen LogP contribution in [0.4, 0.5) is 13.2 Å². The summed E-state index contributed by atoms with van der Waals surface area (Å²) in [7, 11) is -2.95. The van der Waals surface area contributed by atoms with Gasteiger partial charge in [0.15, 0.2) is 0 Å². The third-order valence-corrected chi connectivity index (χ3v) is 4.96. The Labute approximate surface area is 115 Å².